The van der Waals surface area contributed by atoms with Gasteiger partial charge in [-0.1, -0.05) is 25.1 Å². The highest BCUT2D eigenvalue weighted by Gasteiger charge is 2.18. The number of para-hydroxylation sites is 1. The van der Waals surface area contributed by atoms with Crippen molar-refractivity contribution in [2.24, 2.45) is 5.92 Å². The summed E-state index contributed by atoms with van der Waals surface area (Å²) in [6.07, 6.45) is 2.41. The molecule has 6 nitrogen and oxygen atoms in total. The van der Waals surface area contributed by atoms with Gasteiger partial charge in [0.1, 0.15) is 11.5 Å². The summed E-state index contributed by atoms with van der Waals surface area (Å²) in [5, 5.41) is 11.2. The lowest BCUT2D eigenvalue weighted by atomic mass is 10.0. The van der Waals surface area contributed by atoms with Crippen molar-refractivity contribution in [2.45, 2.75) is 19.8 Å². The van der Waals surface area contributed by atoms with Gasteiger partial charge >= 0.3 is 0 Å². The van der Waals surface area contributed by atoms with Gasteiger partial charge in [-0.05, 0) is 67.3 Å². The van der Waals surface area contributed by atoms with Gasteiger partial charge in [-0.3, -0.25) is 4.79 Å². The molecule has 1 aliphatic heterocycles. The van der Waals surface area contributed by atoms with Gasteiger partial charge in [-0.2, -0.15) is 0 Å². The van der Waals surface area contributed by atoms with E-state index in [2.05, 4.69) is 27.3 Å². The van der Waals surface area contributed by atoms with E-state index < -0.39 is 0 Å². The summed E-state index contributed by atoms with van der Waals surface area (Å²) < 4.78 is 5.76. The van der Waals surface area contributed by atoms with E-state index >= 15 is 0 Å². The van der Waals surface area contributed by atoms with Gasteiger partial charge in [0.15, 0.2) is 11.5 Å². The van der Waals surface area contributed by atoms with Crippen molar-refractivity contribution in [3.8, 4) is 11.5 Å². The van der Waals surface area contributed by atoms with Gasteiger partial charge in [0.2, 0.25) is 0 Å². The number of hydrogen-bond acceptors (Lipinski definition) is 5. The van der Waals surface area contributed by atoms with E-state index in [1.165, 1.54) is 6.42 Å². The molecule has 0 spiro atoms. The van der Waals surface area contributed by atoms with Crippen LogP contribution in [0.3, 0.4) is 0 Å². The number of hydrogen-bond donors (Lipinski definition) is 1. The maximum Gasteiger partial charge on any atom is 0.276 e. The van der Waals surface area contributed by atoms with E-state index in [1.807, 2.05) is 48.5 Å². The van der Waals surface area contributed by atoms with E-state index in [1.54, 1.807) is 18.2 Å². The van der Waals surface area contributed by atoms with Crippen molar-refractivity contribution in [3.05, 3.63) is 72.4 Å². The Morgan fingerprint density at radius 1 is 1.00 bits per heavy atom. The lowest BCUT2D eigenvalue weighted by Gasteiger charge is -2.31. The first-order valence-corrected chi connectivity index (χ1v) is 9.90. The normalized spacial score (nSPS) is 16.3. The Hall–Kier alpha value is -3.41. The predicted octanol–water partition coefficient (Wildman–Crippen LogP) is 4.76. The number of rotatable bonds is 5. The van der Waals surface area contributed by atoms with Gasteiger partial charge in [-0.15, -0.1) is 10.2 Å². The minimum absolute atomic E-state index is 0.284. The summed E-state index contributed by atoms with van der Waals surface area (Å²) in [7, 11) is 0. The molecule has 4 rings (SSSR count). The van der Waals surface area contributed by atoms with Crippen LogP contribution in [-0.4, -0.2) is 29.2 Å². The second-order valence-electron chi connectivity index (χ2n) is 7.36. The number of benzene rings is 2. The predicted molar refractivity (Wildman–Crippen MR) is 114 cm³/mol. The van der Waals surface area contributed by atoms with E-state index in [9.17, 15) is 4.79 Å². The van der Waals surface area contributed by atoms with Crippen molar-refractivity contribution in [1.82, 2.24) is 10.2 Å². The van der Waals surface area contributed by atoms with Gasteiger partial charge < -0.3 is 15.0 Å². The van der Waals surface area contributed by atoms with E-state index in [0.717, 1.165) is 31.1 Å². The molecule has 1 unspecified atom stereocenters. The quantitative estimate of drug-likeness (QED) is 0.683. The van der Waals surface area contributed by atoms with Crippen molar-refractivity contribution >= 4 is 17.4 Å². The molecular weight excluding hydrogens is 364 g/mol. The largest absolute Gasteiger partial charge is 0.457 e. The van der Waals surface area contributed by atoms with Crippen LogP contribution >= 0.6 is 0 Å². The molecule has 148 valence electrons. The van der Waals surface area contributed by atoms with E-state index in [-0.39, 0.29) is 5.91 Å². The molecular formula is C23H24N4O2. The maximum atomic E-state index is 12.5. The Labute approximate surface area is 170 Å². The zero-order valence-electron chi connectivity index (χ0n) is 16.4. The molecule has 1 N–H and O–H groups in total. The monoisotopic (exact) mass is 388 g/mol. The Kier molecular flexibility index (Phi) is 5.70. The molecule has 2 aromatic carbocycles. The molecule has 2 heterocycles. The van der Waals surface area contributed by atoms with Crippen molar-refractivity contribution < 1.29 is 9.53 Å². The lowest BCUT2D eigenvalue weighted by Crippen LogP contribution is -2.35. The molecule has 1 saturated heterocycles. The minimum atomic E-state index is -0.284. The number of amides is 1. The van der Waals surface area contributed by atoms with Crippen LogP contribution in [0.25, 0.3) is 0 Å². The number of nitrogens with zero attached hydrogens (tertiary/aromatic N) is 3. The number of ether oxygens (including phenoxy) is 1. The van der Waals surface area contributed by atoms with Crippen molar-refractivity contribution in [2.75, 3.05) is 23.3 Å². The summed E-state index contributed by atoms with van der Waals surface area (Å²) in [5.41, 5.74) is 0.967. The zero-order valence-corrected chi connectivity index (χ0v) is 16.4. The molecule has 0 bridgehead atoms. The van der Waals surface area contributed by atoms with Crippen molar-refractivity contribution in [1.29, 1.82) is 0 Å². The average Bonchev–Trinajstić information content (AvgIpc) is 2.76. The first kappa shape index (κ1) is 18.9. The maximum absolute atomic E-state index is 12.5. The molecule has 29 heavy (non-hydrogen) atoms. The van der Waals surface area contributed by atoms with E-state index in [0.29, 0.717) is 23.0 Å². The molecule has 6 heteroatoms. The zero-order chi connectivity index (χ0) is 20.1. The van der Waals surface area contributed by atoms with Crippen LogP contribution < -0.4 is 15.0 Å². The molecule has 1 atom stereocenters. The second kappa shape index (κ2) is 8.73. The summed E-state index contributed by atoms with van der Waals surface area (Å²) in [6.45, 7) is 4.22. The van der Waals surface area contributed by atoms with Gasteiger partial charge in [0.25, 0.3) is 5.91 Å². The Morgan fingerprint density at radius 2 is 1.76 bits per heavy atom. The average molecular weight is 388 g/mol. The minimum Gasteiger partial charge on any atom is -0.457 e. The smallest absolute Gasteiger partial charge is 0.276 e. The summed E-state index contributed by atoms with van der Waals surface area (Å²) in [4.78, 5) is 14.7. The molecule has 0 saturated carbocycles. The van der Waals surface area contributed by atoms with Gasteiger partial charge in [0, 0.05) is 18.8 Å². The van der Waals surface area contributed by atoms with Crippen LogP contribution in [0.1, 0.15) is 30.3 Å². The van der Waals surface area contributed by atoms with Crippen LogP contribution in [0, 0.1) is 5.92 Å². The van der Waals surface area contributed by atoms with Gasteiger partial charge in [-0.25, -0.2) is 0 Å². The first-order chi connectivity index (χ1) is 14.2. The fraction of sp³-hybridized carbons (Fsp3) is 0.261. The Bertz CT molecular complexity index is 943. The lowest BCUT2D eigenvalue weighted by molar-refractivity contribution is 0.102. The third kappa shape index (κ3) is 4.90. The van der Waals surface area contributed by atoms with Crippen LogP contribution in [0.4, 0.5) is 11.5 Å². The van der Waals surface area contributed by atoms with Crippen LogP contribution in [0.2, 0.25) is 0 Å². The van der Waals surface area contributed by atoms with Crippen LogP contribution in [-0.2, 0) is 0 Å². The van der Waals surface area contributed by atoms with Crippen LogP contribution in [0.15, 0.2) is 66.7 Å². The number of nitrogens with one attached hydrogen (secondary N) is 1. The second-order valence-corrected chi connectivity index (χ2v) is 7.36. The molecule has 1 aliphatic rings. The number of anilines is 2. The molecule has 3 aromatic rings. The number of piperidine rings is 1. The highest BCUT2D eigenvalue weighted by Crippen LogP contribution is 2.23. The number of aromatic nitrogens is 2. The Balaban J connectivity index is 1.36. The first-order valence-electron chi connectivity index (χ1n) is 9.90. The summed E-state index contributed by atoms with van der Waals surface area (Å²) in [5.74, 6) is 2.67. The third-order valence-corrected chi connectivity index (χ3v) is 4.96. The highest BCUT2D eigenvalue weighted by atomic mass is 16.5. The summed E-state index contributed by atoms with van der Waals surface area (Å²) >= 11 is 0. The van der Waals surface area contributed by atoms with Crippen molar-refractivity contribution in [3.63, 3.8) is 0 Å². The standard InChI is InChI=1S/C23H24N4O2/c1-17-6-5-15-27(16-17)22-14-13-21(25-26-22)23(28)24-18-9-11-20(12-10-18)29-19-7-3-2-4-8-19/h2-4,7-14,17H,5-6,15-16H2,1H3,(H,24,28). The molecule has 1 fully saturated rings. The molecule has 0 radical (unpaired) electrons. The fourth-order valence-corrected chi connectivity index (χ4v) is 3.44. The summed E-state index contributed by atoms with van der Waals surface area (Å²) in [6, 6.07) is 20.4. The fourth-order valence-electron chi connectivity index (χ4n) is 3.44. The highest BCUT2D eigenvalue weighted by molar-refractivity contribution is 6.02. The number of carbonyl (C=O) groups excluding carboxylic acids is 1. The topological polar surface area (TPSA) is 67.4 Å². The van der Waals surface area contributed by atoms with E-state index in [4.69, 9.17) is 4.74 Å². The molecule has 1 amide bonds. The Morgan fingerprint density at radius 3 is 2.45 bits per heavy atom. The van der Waals surface area contributed by atoms with Gasteiger partial charge in [0.05, 0.1) is 0 Å². The number of carbonyl (C=O) groups is 1. The molecule has 1 aromatic heterocycles. The molecule has 0 aliphatic carbocycles. The SMILES string of the molecule is CC1CCCN(c2ccc(C(=O)Nc3ccc(Oc4ccccc4)cc3)nn2)C1. The van der Waals surface area contributed by atoms with Crippen LogP contribution in [0.5, 0.6) is 11.5 Å². The third-order valence-electron chi connectivity index (χ3n) is 4.96.